The molecule has 0 fully saturated rings. The van der Waals surface area contributed by atoms with E-state index in [1.54, 1.807) is 0 Å². The van der Waals surface area contributed by atoms with Crippen LogP contribution >= 0.6 is 0 Å². The SMILES string of the molecule is c1ccc(-c2c(-c3ccc(N(c4ccccc4)c4ccc(-c5ccc(N(c6ccccc6)c6ccc(-c7nc8ccccn8c7-c7ccccc7)cc6)cc5)cc4)cc3)nc3ccccn23)cc1. The van der Waals surface area contributed by atoms with Crippen LogP contribution in [0.4, 0.5) is 34.1 Å². The van der Waals surface area contributed by atoms with E-state index in [1.807, 2.05) is 12.1 Å². The quantitative estimate of drug-likeness (QED) is 0.130. The molecule has 8 aromatic carbocycles. The fourth-order valence-corrected chi connectivity index (χ4v) is 9.33. The van der Waals surface area contributed by atoms with Crippen molar-refractivity contribution in [1.82, 2.24) is 18.8 Å². The Labute approximate surface area is 395 Å². The Morgan fingerprint density at radius 2 is 0.515 bits per heavy atom. The predicted octanol–water partition coefficient (Wildman–Crippen LogP) is 16.3. The molecule has 12 rings (SSSR count). The van der Waals surface area contributed by atoms with Gasteiger partial charge in [-0.2, -0.15) is 0 Å². The highest BCUT2D eigenvalue weighted by Crippen LogP contribution is 2.41. The first-order chi connectivity index (χ1) is 33.7. The molecule has 0 saturated carbocycles. The third-order valence-corrected chi connectivity index (χ3v) is 12.6. The number of benzene rings is 8. The van der Waals surface area contributed by atoms with E-state index in [0.717, 1.165) is 102 Å². The third kappa shape index (κ3) is 7.56. The molecule has 0 aliphatic carbocycles. The molecule has 0 spiro atoms. The van der Waals surface area contributed by atoms with Gasteiger partial charge in [-0.1, -0.05) is 158 Å². The lowest BCUT2D eigenvalue weighted by Gasteiger charge is -2.26. The van der Waals surface area contributed by atoms with Crippen molar-refractivity contribution in [3.05, 3.63) is 267 Å². The monoisotopic (exact) mass is 872 g/mol. The molecule has 322 valence electrons. The van der Waals surface area contributed by atoms with Gasteiger partial charge in [0.15, 0.2) is 0 Å². The van der Waals surface area contributed by atoms with E-state index in [0.29, 0.717) is 0 Å². The second-order valence-corrected chi connectivity index (χ2v) is 16.7. The summed E-state index contributed by atoms with van der Waals surface area (Å²) in [5.74, 6) is 0. The van der Waals surface area contributed by atoms with E-state index in [1.165, 1.54) is 0 Å². The highest BCUT2D eigenvalue weighted by atomic mass is 15.1. The van der Waals surface area contributed by atoms with Crippen molar-refractivity contribution in [2.24, 2.45) is 0 Å². The van der Waals surface area contributed by atoms with E-state index < -0.39 is 0 Å². The van der Waals surface area contributed by atoms with Crippen molar-refractivity contribution in [2.45, 2.75) is 0 Å². The van der Waals surface area contributed by atoms with Crippen LogP contribution in [0.2, 0.25) is 0 Å². The van der Waals surface area contributed by atoms with Crippen LogP contribution in [0.25, 0.3) is 67.5 Å². The Balaban J connectivity index is 0.839. The number of fused-ring (bicyclic) bond motifs is 2. The fourth-order valence-electron chi connectivity index (χ4n) is 9.33. The summed E-state index contributed by atoms with van der Waals surface area (Å²) in [6.07, 6.45) is 4.17. The Morgan fingerprint density at radius 3 is 0.853 bits per heavy atom. The standard InChI is InChI=1S/C62H44N6/c1-5-17-49(18-6-1)61-59(63-57-25-13-15-43-65(57)61)47-31-39-55(40-32-47)67(51-21-9-3-10-22-51)53-35-27-45(28-36-53)46-29-37-54(38-30-46)68(52-23-11-4-12-24-52)56-41-33-48(34-42-56)60-62(50-19-7-2-8-20-50)66-44-16-14-26-58(66)64-60/h1-44H. The molecule has 0 atom stereocenters. The van der Waals surface area contributed by atoms with Crippen molar-refractivity contribution < 1.29 is 0 Å². The van der Waals surface area contributed by atoms with Gasteiger partial charge in [-0.3, -0.25) is 8.80 Å². The van der Waals surface area contributed by atoms with Gasteiger partial charge < -0.3 is 9.80 Å². The van der Waals surface area contributed by atoms with Gasteiger partial charge in [0.05, 0.1) is 22.8 Å². The number of hydrogen-bond donors (Lipinski definition) is 0. The van der Waals surface area contributed by atoms with E-state index in [4.69, 9.17) is 9.97 Å². The molecule has 0 saturated heterocycles. The van der Waals surface area contributed by atoms with Crippen LogP contribution in [-0.4, -0.2) is 18.8 Å². The van der Waals surface area contributed by atoms with Gasteiger partial charge in [0.25, 0.3) is 0 Å². The molecular formula is C62H44N6. The Hall–Kier alpha value is -9.26. The molecule has 4 aromatic heterocycles. The highest BCUT2D eigenvalue weighted by molar-refractivity contribution is 5.87. The topological polar surface area (TPSA) is 41.1 Å². The zero-order valence-electron chi connectivity index (χ0n) is 37.1. The summed E-state index contributed by atoms with van der Waals surface area (Å²) < 4.78 is 4.35. The normalized spacial score (nSPS) is 11.2. The van der Waals surface area contributed by atoms with Crippen LogP contribution in [-0.2, 0) is 0 Å². The number of anilines is 6. The summed E-state index contributed by atoms with van der Waals surface area (Å²) in [4.78, 5) is 14.8. The number of aromatic nitrogens is 4. The molecule has 0 aliphatic heterocycles. The van der Waals surface area contributed by atoms with Crippen molar-refractivity contribution in [2.75, 3.05) is 9.80 Å². The molecule has 68 heavy (non-hydrogen) atoms. The van der Waals surface area contributed by atoms with E-state index in [-0.39, 0.29) is 0 Å². The van der Waals surface area contributed by atoms with E-state index in [2.05, 4.69) is 274 Å². The van der Waals surface area contributed by atoms with Crippen LogP contribution in [0.3, 0.4) is 0 Å². The number of imidazole rings is 2. The van der Waals surface area contributed by atoms with Gasteiger partial charge in [0, 0.05) is 68.8 Å². The number of hydrogen-bond acceptors (Lipinski definition) is 4. The number of pyridine rings is 2. The number of nitrogens with zero attached hydrogens (tertiary/aromatic N) is 6. The maximum Gasteiger partial charge on any atom is 0.137 e. The van der Waals surface area contributed by atoms with Crippen LogP contribution < -0.4 is 9.80 Å². The third-order valence-electron chi connectivity index (χ3n) is 12.6. The van der Waals surface area contributed by atoms with Gasteiger partial charge in [0.1, 0.15) is 11.3 Å². The van der Waals surface area contributed by atoms with Crippen molar-refractivity contribution in [3.8, 4) is 56.2 Å². The summed E-state index contributed by atoms with van der Waals surface area (Å²) in [6.45, 7) is 0. The van der Waals surface area contributed by atoms with Crippen LogP contribution in [0.15, 0.2) is 267 Å². The molecular weight excluding hydrogens is 829 g/mol. The Morgan fingerprint density at radius 1 is 0.235 bits per heavy atom. The largest absolute Gasteiger partial charge is 0.311 e. The minimum atomic E-state index is 0.920. The average Bonchev–Trinajstić information content (AvgIpc) is 4.01. The van der Waals surface area contributed by atoms with Gasteiger partial charge in [-0.15, -0.1) is 0 Å². The van der Waals surface area contributed by atoms with Gasteiger partial charge in [-0.25, -0.2) is 9.97 Å². The summed E-state index contributed by atoms with van der Waals surface area (Å²) in [5, 5.41) is 0. The number of rotatable bonds is 11. The smallest absolute Gasteiger partial charge is 0.137 e. The Kier molecular flexibility index (Phi) is 10.4. The lowest BCUT2D eigenvalue weighted by Crippen LogP contribution is -2.10. The first-order valence-corrected chi connectivity index (χ1v) is 22.9. The molecule has 12 aromatic rings. The minimum Gasteiger partial charge on any atom is -0.311 e. The molecule has 0 unspecified atom stereocenters. The maximum absolute atomic E-state index is 5.11. The second kappa shape index (κ2) is 17.6. The minimum absolute atomic E-state index is 0.920. The molecule has 6 nitrogen and oxygen atoms in total. The van der Waals surface area contributed by atoms with Gasteiger partial charge in [-0.05, 0) is 108 Å². The van der Waals surface area contributed by atoms with Crippen molar-refractivity contribution in [1.29, 1.82) is 0 Å². The molecule has 0 aliphatic rings. The average molecular weight is 873 g/mol. The zero-order chi connectivity index (χ0) is 45.2. The first kappa shape index (κ1) is 40.3. The summed E-state index contributed by atoms with van der Waals surface area (Å²) in [7, 11) is 0. The van der Waals surface area contributed by atoms with E-state index in [9.17, 15) is 0 Å². The zero-order valence-corrected chi connectivity index (χ0v) is 37.1. The van der Waals surface area contributed by atoms with Gasteiger partial charge in [0.2, 0.25) is 0 Å². The lowest BCUT2D eigenvalue weighted by atomic mass is 10.0. The molecule has 6 heteroatoms. The molecule has 0 N–H and O–H groups in total. The second-order valence-electron chi connectivity index (χ2n) is 16.7. The molecule has 0 radical (unpaired) electrons. The van der Waals surface area contributed by atoms with E-state index >= 15 is 0 Å². The summed E-state index contributed by atoms with van der Waals surface area (Å²) >= 11 is 0. The lowest BCUT2D eigenvalue weighted by molar-refractivity contribution is 1.19. The number of para-hydroxylation sites is 2. The Bertz CT molecular complexity index is 3380. The highest BCUT2D eigenvalue weighted by Gasteiger charge is 2.20. The first-order valence-electron chi connectivity index (χ1n) is 22.9. The summed E-state index contributed by atoms with van der Waals surface area (Å²) in [5.41, 5.74) is 19.0. The van der Waals surface area contributed by atoms with Crippen LogP contribution in [0.1, 0.15) is 0 Å². The van der Waals surface area contributed by atoms with Crippen LogP contribution in [0, 0.1) is 0 Å². The van der Waals surface area contributed by atoms with Crippen molar-refractivity contribution >= 4 is 45.4 Å². The maximum atomic E-state index is 5.11. The molecule has 4 heterocycles. The molecule has 0 amide bonds. The summed E-state index contributed by atoms with van der Waals surface area (Å²) in [6, 6.07) is 89.7. The van der Waals surface area contributed by atoms with Crippen LogP contribution in [0.5, 0.6) is 0 Å². The van der Waals surface area contributed by atoms with Crippen molar-refractivity contribution in [3.63, 3.8) is 0 Å². The molecule has 0 bridgehead atoms. The predicted molar refractivity (Wildman–Crippen MR) is 280 cm³/mol. The van der Waals surface area contributed by atoms with Gasteiger partial charge >= 0.3 is 0 Å². The fraction of sp³-hybridized carbons (Fsp3) is 0.